The molecule has 1 heterocycles. The number of benzene rings is 1. The predicted octanol–water partition coefficient (Wildman–Crippen LogP) is 3.84. The lowest BCUT2D eigenvalue weighted by molar-refractivity contribution is -0.121. The van der Waals surface area contributed by atoms with E-state index in [0.29, 0.717) is 28.9 Å². The van der Waals surface area contributed by atoms with Crippen LogP contribution in [0.5, 0.6) is 5.75 Å². The minimum atomic E-state index is 0.00357. The molecule has 8 heteroatoms. The smallest absolute Gasteiger partial charge is 0.254 e. The number of fused-ring (bicyclic) bond motifs is 1. The molecule has 0 radical (unpaired) electrons. The Labute approximate surface area is 192 Å². The molecule has 0 atom stereocenters. The highest BCUT2D eigenvalue weighted by atomic mass is 32.2. The summed E-state index contributed by atoms with van der Waals surface area (Å²) in [5.74, 6) is 0.957. The standard InChI is InChI=1S/C17H25N3O2S.C7H5NO/c21-15(18-12-6-2-1-3-7-12)10-11-23-17-19-14-9-5-4-8-13(14)16(22)20-17;8-5-6-1-3-7(9)4-2-6/h12H,1-11H2,(H,18,21)(H,19,20,22);1-4,9H. The number of phenols is 1. The molecular weight excluding hydrogens is 424 g/mol. The maximum absolute atomic E-state index is 12.1. The number of carbonyl (C=O) groups is 1. The number of aromatic amines is 1. The van der Waals surface area contributed by atoms with Crippen molar-refractivity contribution in [2.24, 2.45) is 0 Å². The summed E-state index contributed by atoms with van der Waals surface area (Å²) in [7, 11) is 0. The summed E-state index contributed by atoms with van der Waals surface area (Å²) in [6.45, 7) is 0. The Bertz CT molecular complexity index is 992. The number of phenolic OH excluding ortho intramolecular Hbond substituents is 1. The molecule has 3 N–H and O–H groups in total. The van der Waals surface area contributed by atoms with Crippen molar-refractivity contribution >= 4 is 17.7 Å². The number of hydrogen-bond acceptors (Lipinski definition) is 6. The lowest BCUT2D eigenvalue weighted by Crippen LogP contribution is -2.36. The van der Waals surface area contributed by atoms with Crippen LogP contribution in [0.15, 0.2) is 34.2 Å². The topological polar surface area (TPSA) is 119 Å². The van der Waals surface area contributed by atoms with Crippen molar-refractivity contribution in [2.75, 3.05) is 5.75 Å². The zero-order valence-electron chi connectivity index (χ0n) is 18.2. The minimum Gasteiger partial charge on any atom is -0.508 e. The molecule has 0 spiro atoms. The van der Waals surface area contributed by atoms with Gasteiger partial charge in [-0.2, -0.15) is 5.26 Å². The fraction of sp³-hybridized carbons (Fsp3) is 0.500. The van der Waals surface area contributed by atoms with E-state index in [0.717, 1.165) is 49.8 Å². The van der Waals surface area contributed by atoms with Gasteiger partial charge < -0.3 is 15.4 Å². The zero-order valence-corrected chi connectivity index (χ0v) is 19.0. The largest absolute Gasteiger partial charge is 0.508 e. The third-order valence-corrected chi connectivity index (χ3v) is 6.58. The molecule has 1 amide bonds. The van der Waals surface area contributed by atoms with E-state index < -0.39 is 0 Å². The zero-order chi connectivity index (χ0) is 22.8. The molecule has 2 aliphatic carbocycles. The van der Waals surface area contributed by atoms with Crippen LogP contribution in [-0.2, 0) is 17.6 Å². The third-order valence-electron chi connectivity index (χ3n) is 5.70. The first-order valence-electron chi connectivity index (χ1n) is 11.3. The van der Waals surface area contributed by atoms with Crippen LogP contribution in [0.25, 0.3) is 0 Å². The van der Waals surface area contributed by atoms with E-state index in [9.17, 15) is 9.59 Å². The fourth-order valence-electron chi connectivity index (χ4n) is 3.97. The van der Waals surface area contributed by atoms with Crippen LogP contribution < -0.4 is 10.9 Å². The highest BCUT2D eigenvalue weighted by Crippen LogP contribution is 2.20. The summed E-state index contributed by atoms with van der Waals surface area (Å²) in [5, 5.41) is 20.8. The molecule has 32 heavy (non-hydrogen) atoms. The highest BCUT2D eigenvalue weighted by molar-refractivity contribution is 7.99. The molecule has 0 saturated heterocycles. The lowest BCUT2D eigenvalue weighted by Gasteiger charge is -2.22. The summed E-state index contributed by atoms with van der Waals surface area (Å²) in [5.41, 5.74) is 2.38. The first kappa shape index (κ1) is 23.9. The van der Waals surface area contributed by atoms with Crippen LogP contribution in [0.2, 0.25) is 0 Å². The van der Waals surface area contributed by atoms with Crippen LogP contribution in [0.3, 0.4) is 0 Å². The summed E-state index contributed by atoms with van der Waals surface area (Å²) in [6, 6.07) is 8.41. The van der Waals surface area contributed by atoms with Crippen molar-refractivity contribution in [3.05, 3.63) is 51.4 Å². The van der Waals surface area contributed by atoms with E-state index in [4.69, 9.17) is 10.4 Å². The highest BCUT2D eigenvalue weighted by Gasteiger charge is 2.17. The molecule has 7 nitrogen and oxygen atoms in total. The normalized spacial score (nSPS) is 15.6. The number of thioether (sulfide) groups is 1. The van der Waals surface area contributed by atoms with E-state index in [1.54, 1.807) is 12.1 Å². The Morgan fingerprint density at radius 1 is 1.16 bits per heavy atom. The van der Waals surface area contributed by atoms with Gasteiger partial charge in [-0.05, 0) is 62.8 Å². The van der Waals surface area contributed by atoms with E-state index in [-0.39, 0.29) is 17.2 Å². The SMILES string of the molecule is N#Cc1ccc(O)cc1.O=C(CCSc1nc2c(c(=O)[nH]1)CCCC2)NC1CCCCC1. The van der Waals surface area contributed by atoms with Crippen LogP contribution in [0.4, 0.5) is 0 Å². The maximum Gasteiger partial charge on any atom is 0.254 e. The number of hydrogen-bond donors (Lipinski definition) is 3. The van der Waals surface area contributed by atoms with Gasteiger partial charge >= 0.3 is 0 Å². The molecule has 1 aromatic carbocycles. The number of carbonyl (C=O) groups excluding carboxylic acids is 1. The van der Waals surface area contributed by atoms with Crippen LogP contribution in [0, 0.1) is 11.3 Å². The van der Waals surface area contributed by atoms with Gasteiger partial charge in [-0.1, -0.05) is 31.0 Å². The fourth-order valence-corrected chi connectivity index (χ4v) is 4.79. The molecule has 1 aromatic heterocycles. The van der Waals surface area contributed by atoms with E-state index in [1.807, 2.05) is 6.07 Å². The van der Waals surface area contributed by atoms with Gasteiger partial charge in [0.2, 0.25) is 5.91 Å². The van der Waals surface area contributed by atoms with Gasteiger partial charge in [-0.15, -0.1) is 0 Å². The second-order valence-electron chi connectivity index (χ2n) is 8.16. The summed E-state index contributed by atoms with van der Waals surface area (Å²) in [4.78, 5) is 31.5. The molecule has 4 rings (SSSR count). The molecule has 0 bridgehead atoms. The van der Waals surface area contributed by atoms with E-state index in [1.165, 1.54) is 43.2 Å². The molecule has 1 saturated carbocycles. The second-order valence-corrected chi connectivity index (χ2v) is 9.25. The van der Waals surface area contributed by atoms with Crippen molar-refractivity contribution in [3.63, 3.8) is 0 Å². The minimum absolute atomic E-state index is 0.00357. The van der Waals surface area contributed by atoms with Crippen molar-refractivity contribution in [3.8, 4) is 11.8 Å². The van der Waals surface area contributed by atoms with E-state index >= 15 is 0 Å². The van der Waals surface area contributed by atoms with Gasteiger partial charge in [0.25, 0.3) is 5.56 Å². The lowest BCUT2D eigenvalue weighted by atomic mass is 9.95. The third kappa shape index (κ3) is 7.41. The number of H-pyrrole nitrogens is 1. The van der Waals surface area contributed by atoms with Crippen LogP contribution >= 0.6 is 11.8 Å². The first-order chi connectivity index (χ1) is 15.5. The number of nitrogens with one attached hydrogen (secondary N) is 2. The molecule has 0 aliphatic heterocycles. The van der Waals surface area contributed by atoms with Gasteiger partial charge in [0.1, 0.15) is 5.75 Å². The average Bonchev–Trinajstić information content (AvgIpc) is 2.81. The molecular formula is C24H30N4O3S. The maximum atomic E-state index is 12.1. The molecule has 2 aliphatic rings. The van der Waals surface area contributed by atoms with Gasteiger partial charge in [0, 0.05) is 23.8 Å². The molecule has 0 unspecified atom stereocenters. The summed E-state index contributed by atoms with van der Waals surface area (Å²) < 4.78 is 0. The van der Waals surface area contributed by atoms with Gasteiger partial charge in [0.05, 0.1) is 17.3 Å². The van der Waals surface area contributed by atoms with Crippen molar-refractivity contribution in [2.45, 2.75) is 75.4 Å². The Balaban J connectivity index is 0.000000269. The van der Waals surface area contributed by atoms with Gasteiger partial charge in [0.15, 0.2) is 5.16 Å². The van der Waals surface area contributed by atoms with Gasteiger partial charge in [-0.3, -0.25) is 9.59 Å². The number of aromatic hydroxyl groups is 1. The van der Waals surface area contributed by atoms with E-state index in [2.05, 4.69) is 15.3 Å². The number of aryl methyl sites for hydroxylation is 1. The first-order valence-corrected chi connectivity index (χ1v) is 12.3. The monoisotopic (exact) mass is 454 g/mol. The average molecular weight is 455 g/mol. The number of aromatic nitrogens is 2. The molecule has 2 aromatic rings. The molecule has 170 valence electrons. The van der Waals surface area contributed by atoms with Crippen LogP contribution in [0.1, 0.15) is 68.2 Å². The molecule has 1 fully saturated rings. The number of nitrogens with zero attached hydrogens (tertiary/aromatic N) is 2. The Morgan fingerprint density at radius 3 is 2.59 bits per heavy atom. The number of nitriles is 1. The van der Waals surface area contributed by atoms with Gasteiger partial charge in [-0.25, -0.2) is 4.98 Å². The predicted molar refractivity (Wildman–Crippen MR) is 125 cm³/mol. The van der Waals surface area contributed by atoms with Crippen LogP contribution in [-0.4, -0.2) is 32.8 Å². The van der Waals surface area contributed by atoms with Crippen molar-refractivity contribution in [1.29, 1.82) is 5.26 Å². The quantitative estimate of drug-likeness (QED) is 0.466. The Morgan fingerprint density at radius 2 is 1.88 bits per heavy atom. The summed E-state index contributed by atoms with van der Waals surface area (Å²) in [6.07, 6.45) is 10.4. The van der Waals surface area contributed by atoms with Crippen molar-refractivity contribution < 1.29 is 9.90 Å². The van der Waals surface area contributed by atoms with Crippen molar-refractivity contribution in [1.82, 2.24) is 15.3 Å². The second kappa shape index (κ2) is 12.3. The number of rotatable bonds is 5. The Hall–Kier alpha value is -2.79. The Kier molecular flexibility index (Phi) is 9.17. The summed E-state index contributed by atoms with van der Waals surface area (Å²) >= 11 is 1.47. The number of amides is 1.